The van der Waals surface area contributed by atoms with Crippen molar-refractivity contribution in [2.24, 2.45) is 0 Å². The molecule has 0 fully saturated rings. The molecule has 0 heterocycles. The third-order valence-corrected chi connectivity index (χ3v) is 18.3. The van der Waals surface area contributed by atoms with Gasteiger partial charge in [-0.2, -0.15) is 0 Å². The number of nitrogens with zero attached hydrogens (tertiary/aromatic N) is 1. The van der Waals surface area contributed by atoms with Crippen LogP contribution in [0, 0.1) is 0 Å². The molecule has 0 aliphatic rings. The molecule has 0 bridgehead atoms. The second-order valence-electron chi connectivity index (χ2n) is 29.1. The Morgan fingerprint density at radius 3 is 0.867 bits per heavy atom. The van der Waals surface area contributed by atoms with Crippen LogP contribution in [0.3, 0.4) is 0 Å². The smallest absolute Gasteiger partial charge is 0.361 e. The summed E-state index contributed by atoms with van der Waals surface area (Å²) in [4.78, 5) is 37.8. The van der Waals surface area contributed by atoms with E-state index in [9.17, 15) is 19.5 Å². The molecule has 9 nitrogen and oxygen atoms in total. The number of carboxylic acid groups (broad SMARTS) is 1. The maximum Gasteiger partial charge on any atom is 0.361 e. The zero-order valence-corrected chi connectivity index (χ0v) is 64.9. The van der Waals surface area contributed by atoms with Gasteiger partial charge in [0, 0.05) is 12.8 Å². The molecule has 0 radical (unpaired) electrons. The van der Waals surface area contributed by atoms with E-state index in [1.54, 1.807) is 0 Å². The predicted molar refractivity (Wildman–Crippen MR) is 424 cm³/mol. The van der Waals surface area contributed by atoms with Crippen molar-refractivity contribution in [1.29, 1.82) is 0 Å². The van der Waals surface area contributed by atoms with E-state index in [0.29, 0.717) is 23.9 Å². The van der Waals surface area contributed by atoms with Crippen molar-refractivity contribution in [3.05, 3.63) is 109 Å². The van der Waals surface area contributed by atoms with Gasteiger partial charge < -0.3 is 28.5 Å². The zero-order valence-electron chi connectivity index (χ0n) is 64.9. The molecule has 1 N–H and O–H groups in total. The first-order chi connectivity index (χ1) is 48.1. The van der Waals surface area contributed by atoms with E-state index in [1.165, 1.54) is 244 Å². The summed E-state index contributed by atoms with van der Waals surface area (Å²) in [6.45, 7) is 4.81. The monoisotopic (exact) mass is 1370 g/mol. The second-order valence-corrected chi connectivity index (χ2v) is 29.1. The van der Waals surface area contributed by atoms with Crippen LogP contribution in [0.2, 0.25) is 0 Å². The normalized spacial score (nSPS) is 13.2. The first-order valence-electron chi connectivity index (χ1n) is 41.6. The highest BCUT2D eigenvalue weighted by atomic mass is 16.7. The van der Waals surface area contributed by atoms with Gasteiger partial charge in [-0.3, -0.25) is 9.59 Å². The van der Waals surface area contributed by atoms with Crippen LogP contribution >= 0.6 is 0 Å². The van der Waals surface area contributed by atoms with Crippen molar-refractivity contribution < 1.29 is 42.9 Å². The van der Waals surface area contributed by atoms with Crippen molar-refractivity contribution in [2.45, 2.75) is 392 Å². The maximum atomic E-state index is 13.0. The lowest BCUT2D eigenvalue weighted by molar-refractivity contribution is -0.870. The average molecular weight is 1370 g/mol. The number of unbranched alkanes of at least 4 members (excludes halogenated alkanes) is 44. The number of esters is 2. The van der Waals surface area contributed by atoms with E-state index in [2.05, 4.69) is 123 Å². The van der Waals surface area contributed by atoms with Gasteiger partial charge in [-0.05, 0) is 83.5 Å². The molecule has 2 atom stereocenters. The molecule has 0 saturated carbocycles. The molecule has 566 valence electrons. The summed E-state index contributed by atoms with van der Waals surface area (Å²) >= 11 is 0. The van der Waals surface area contributed by atoms with Crippen molar-refractivity contribution in [3.63, 3.8) is 0 Å². The number of aliphatic carboxylic acids is 1. The number of carbonyl (C=O) groups excluding carboxylic acids is 2. The largest absolute Gasteiger partial charge is 0.477 e. The molecule has 0 aliphatic carbocycles. The van der Waals surface area contributed by atoms with Gasteiger partial charge in [-0.15, -0.1) is 0 Å². The predicted octanol–water partition coefficient (Wildman–Crippen LogP) is 26.9. The lowest BCUT2D eigenvalue weighted by Crippen LogP contribution is -2.40. The Morgan fingerprint density at radius 1 is 0.316 bits per heavy atom. The first kappa shape index (κ1) is 93.9. The first-order valence-corrected chi connectivity index (χ1v) is 41.6. The van der Waals surface area contributed by atoms with E-state index in [0.717, 1.165) is 103 Å². The van der Waals surface area contributed by atoms with Gasteiger partial charge in [-0.25, -0.2) is 4.79 Å². The topological polar surface area (TPSA) is 108 Å². The summed E-state index contributed by atoms with van der Waals surface area (Å²) in [6, 6.07) is 0. The fourth-order valence-corrected chi connectivity index (χ4v) is 12.0. The molecule has 0 spiro atoms. The van der Waals surface area contributed by atoms with Crippen molar-refractivity contribution >= 4 is 17.9 Å². The summed E-state index contributed by atoms with van der Waals surface area (Å²) in [5.41, 5.74) is 0. The molecule has 2 unspecified atom stereocenters. The zero-order chi connectivity index (χ0) is 71.1. The number of rotatable bonds is 77. The van der Waals surface area contributed by atoms with Gasteiger partial charge in [0.25, 0.3) is 6.29 Å². The van der Waals surface area contributed by atoms with Crippen LogP contribution in [-0.4, -0.2) is 87.4 Å². The number of quaternary nitrogens is 1. The molecule has 98 heavy (non-hydrogen) atoms. The van der Waals surface area contributed by atoms with E-state index in [4.69, 9.17) is 18.9 Å². The third kappa shape index (κ3) is 79.3. The number of hydrogen-bond donors (Lipinski definition) is 1. The Labute approximate surface area is 606 Å². The van der Waals surface area contributed by atoms with Crippen LogP contribution in [0.25, 0.3) is 0 Å². The van der Waals surface area contributed by atoms with Gasteiger partial charge >= 0.3 is 17.9 Å². The van der Waals surface area contributed by atoms with Crippen molar-refractivity contribution in [2.75, 3.05) is 47.5 Å². The number of carbonyl (C=O) groups is 3. The van der Waals surface area contributed by atoms with Gasteiger partial charge in [0.1, 0.15) is 13.2 Å². The summed E-state index contributed by atoms with van der Waals surface area (Å²) in [7, 11) is 5.99. The summed E-state index contributed by atoms with van der Waals surface area (Å²) in [6.07, 6.45) is 108. The number of ether oxygens (including phenoxy) is 4. The number of allylic oxidation sites excluding steroid dienone is 18. The minimum Gasteiger partial charge on any atom is -0.477 e. The van der Waals surface area contributed by atoms with Crippen LogP contribution in [0.1, 0.15) is 380 Å². The molecular weight excluding hydrogens is 1210 g/mol. The van der Waals surface area contributed by atoms with Crippen LogP contribution < -0.4 is 0 Å². The van der Waals surface area contributed by atoms with E-state index < -0.39 is 24.3 Å². The highest BCUT2D eigenvalue weighted by Gasteiger charge is 2.25. The Balaban J connectivity index is 4.03. The van der Waals surface area contributed by atoms with Gasteiger partial charge in [-0.1, -0.05) is 393 Å². The van der Waals surface area contributed by atoms with Gasteiger partial charge in [0.15, 0.2) is 6.10 Å². The van der Waals surface area contributed by atoms with Crippen LogP contribution in [-0.2, 0) is 33.3 Å². The summed E-state index contributed by atoms with van der Waals surface area (Å²) < 4.78 is 23.1. The quantitative estimate of drug-likeness (QED) is 0.0211. The second kappa shape index (κ2) is 78.7. The molecule has 9 heteroatoms. The highest BCUT2D eigenvalue weighted by molar-refractivity contribution is 5.71. The standard InChI is InChI=1S/C89H157NO8/c1-6-8-10-12-14-16-18-20-22-24-26-28-30-32-34-36-38-40-42-43-44-45-46-48-50-52-54-56-58-60-62-64-66-68-70-72-74-76-78-80-87(92)98-85(84-97-89(88(93)94)95-82-81-90(3,4)5)83-96-86(91)79-77-75-73-71-69-67-65-63-61-59-57-55-53-51-49-47-41-39-37-35-33-31-29-27-25-23-21-19-17-15-13-11-9-7-2/h8,10,14,16,20,22,26,28,32,34,38,40,43-44,46,48,52,54,85,89H,6-7,9,11-13,15,17-19,21,23-25,27,29-31,33,35-37,39,41-42,45,47,49-51,53,55-84H2,1-5H3/p+1/b10-8-,16-14-,22-20-,28-26-,34-32-,40-38-,44-43-,48-46-,54-52-. The fourth-order valence-electron chi connectivity index (χ4n) is 12.0. The van der Waals surface area contributed by atoms with Crippen molar-refractivity contribution in [1.82, 2.24) is 0 Å². The van der Waals surface area contributed by atoms with Crippen LogP contribution in [0.4, 0.5) is 0 Å². The number of likely N-dealkylation sites (N-methyl/N-ethyl adjacent to an activating group) is 1. The summed E-state index contributed by atoms with van der Waals surface area (Å²) in [5.74, 6) is -1.99. The average Bonchev–Trinajstić information content (AvgIpc) is 1.38. The number of carboxylic acids is 1. The SMILES string of the molecule is CC/C=C\C/C=C\C/C=C\C/C=C\C/C=C\C/C=C\C/C=C\C/C=C\C/C=C\CCCCCCCCCCCCCC(=O)OC(COC(=O)CCCCCCCCCCCCCCCCCCCCCCCCCCCCCCCCCCCC)COC(OCC[N+](C)(C)C)C(=O)O. The molecular formula is C89H158NO8+. The van der Waals surface area contributed by atoms with Crippen molar-refractivity contribution in [3.8, 4) is 0 Å². The lowest BCUT2D eigenvalue weighted by Gasteiger charge is -2.25. The van der Waals surface area contributed by atoms with E-state index in [-0.39, 0.29) is 32.2 Å². The maximum absolute atomic E-state index is 13.0. The molecule has 0 amide bonds. The van der Waals surface area contributed by atoms with Crippen LogP contribution in [0.15, 0.2) is 109 Å². The summed E-state index contributed by atoms with van der Waals surface area (Å²) in [5, 5.41) is 9.78. The Bertz CT molecular complexity index is 1990. The molecule has 0 rings (SSSR count). The molecule has 0 aliphatic heterocycles. The molecule has 0 aromatic heterocycles. The molecule has 0 aromatic rings. The fraction of sp³-hybridized carbons (Fsp3) is 0.764. The van der Waals surface area contributed by atoms with Crippen LogP contribution in [0.5, 0.6) is 0 Å². The minimum atomic E-state index is -1.52. The minimum absolute atomic E-state index is 0.183. The third-order valence-electron chi connectivity index (χ3n) is 18.3. The molecule has 0 saturated heterocycles. The van der Waals surface area contributed by atoms with E-state index >= 15 is 0 Å². The Morgan fingerprint density at radius 2 is 0.582 bits per heavy atom. The van der Waals surface area contributed by atoms with Gasteiger partial charge in [0.05, 0.1) is 34.4 Å². The lowest BCUT2D eigenvalue weighted by atomic mass is 10.0. The Hall–Kier alpha value is -4.05. The number of hydrogen-bond acceptors (Lipinski definition) is 7. The Kier molecular flexibility index (Phi) is 75.4. The van der Waals surface area contributed by atoms with E-state index in [1.807, 2.05) is 21.1 Å². The highest BCUT2D eigenvalue weighted by Crippen LogP contribution is 2.19. The molecule has 0 aromatic carbocycles. The van der Waals surface area contributed by atoms with Gasteiger partial charge in [0.2, 0.25) is 0 Å².